The van der Waals surface area contributed by atoms with Crippen molar-refractivity contribution in [3.8, 4) is 0 Å². The summed E-state index contributed by atoms with van der Waals surface area (Å²) in [5, 5.41) is 15.3. The van der Waals surface area contributed by atoms with E-state index in [2.05, 4.69) is 16.0 Å². The second-order valence-corrected chi connectivity index (χ2v) is 7.47. The standard InChI is InChI=1S/C16H28N6O5/c1-16(2,3)27-15(23)19-18-11-7-6-8-21(10-13(11)26-5)14-12(22(24)25)9-17-20(14)4/h9,11,13,18H,6-8,10H2,1-5H3,(H,19,23). The second-order valence-electron chi connectivity index (χ2n) is 7.47. The number of amides is 1. The molecule has 1 aromatic rings. The van der Waals surface area contributed by atoms with Crippen LogP contribution in [0.4, 0.5) is 16.3 Å². The lowest BCUT2D eigenvalue weighted by Crippen LogP contribution is -2.53. The number of nitrogens with one attached hydrogen (secondary N) is 2. The molecule has 0 bridgehead atoms. The molecule has 1 aromatic heterocycles. The van der Waals surface area contributed by atoms with Crippen molar-refractivity contribution in [2.24, 2.45) is 7.05 Å². The second kappa shape index (κ2) is 8.53. The highest BCUT2D eigenvalue weighted by molar-refractivity contribution is 5.67. The highest BCUT2D eigenvalue weighted by atomic mass is 16.6. The summed E-state index contributed by atoms with van der Waals surface area (Å²) in [6, 6.07) is -0.167. The van der Waals surface area contributed by atoms with Crippen molar-refractivity contribution in [2.45, 2.75) is 51.4 Å². The molecule has 1 fully saturated rings. The van der Waals surface area contributed by atoms with Gasteiger partial charge < -0.3 is 14.4 Å². The zero-order valence-corrected chi connectivity index (χ0v) is 16.4. The molecule has 0 spiro atoms. The Balaban J connectivity index is 2.06. The van der Waals surface area contributed by atoms with E-state index >= 15 is 0 Å². The third kappa shape index (κ3) is 5.54. The minimum Gasteiger partial charge on any atom is -0.443 e. The number of methoxy groups -OCH3 is 1. The van der Waals surface area contributed by atoms with Crippen LogP contribution < -0.4 is 15.8 Å². The lowest BCUT2D eigenvalue weighted by Gasteiger charge is -2.29. The zero-order valence-electron chi connectivity index (χ0n) is 16.4. The molecule has 152 valence electrons. The van der Waals surface area contributed by atoms with Crippen LogP contribution in [-0.2, 0) is 16.5 Å². The fourth-order valence-corrected chi connectivity index (χ4v) is 3.09. The van der Waals surface area contributed by atoms with Gasteiger partial charge in [0.25, 0.3) is 0 Å². The Bertz CT molecular complexity index is 671. The molecular formula is C16H28N6O5. The number of nitrogens with zero attached hydrogens (tertiary/aromatic N) is 4. The number of ether oxygens (including phenoxy) is 2. The Morgan fingerprint density at radius 1 is 1.44 bits per heavy atom. The van der Waals surface area contributed by atoms with Crippen LogP contribution in [0.15, 0.2) is 6.20 Å². The van der Waals surface area contributed by atoms with E-state index in [1.165, 1.54) is 10.9 Å². The summed E-state index contributed by atoms with van der Waals surface area (Å²) in [7, 11) is 3.25. The maximum atomic E-state index is 11.9. The van der Waals surface area contributed by atoms with Crippen molar-refractivity contribution in [1.82, 2.24) is 20.6 Å². The van der Waals surface area contributed by atoms with E-state index in [0.29, 0.717) is 18.9 Å². The number of rotatable bonds is 5. The number of aryl methyl sites for hydroxylation is 1. The summed E-state index contributed by atoms with van der Waals surface area (Å²) in [6.45, 7) is 6.40. The number of nitro groups is 1. The molecule has 0 aromatic carbocycles. The van der Waals surface area contributed by atoms with Gasteiger partial charge in [0.1, 0.15) is 11.8 Å². The number of anilines is 1. The normalized spacial score (nSPS) is 20.9. The number of carbonyl (C=O) groups is 1. The molecule has 2 rings (SSSR count). The SMILES string of the molecule is COC1CN(c2c([N+](=O)[O-])cnn2C)CCCC1NNC(=O)OC(C)(C)C. The third-order valence-electron chi connectivity index (χ3n) is 4.24. The van der Waals surface area contributed by atoms with Crippen molar-refractivity contribution in [1.29, 1.82) is 0 Å². The van der Waals surface area contributed by atoms with Crippen LogP contribution in [0.2, 0.25) is 0 Å². The van der Waals surface area contributed by atoms with E-state index in [1.807, 2.05) is 4.90 Å². The summed E-state index contributed by atoms with van der Waals surface area (Å²) >= 11 is 0. The third-order valence-corrected chi connectivity index (χ3v) is 4.24. The predicted molar refractivity (Wildman–Crippen MR) is 98.4 cm³/mol. The summed E-state index contributed by atoms with van der Waals surface area (Å²) in [4.78, 5) is 24.6. The fourth-order valence-electron chi connectivity index (χ4n) is 3.09. The smallest absolute Gasteiger partial charge is 0.422 e. The van der Waals surface area contributed by atoms with E-state index < -0.39 is 16.6 Å². The van der Waals surface area contributed by atoms with Crippen molar-refractivity contribution >= 4 is 17.6 Å². The van der Waals surface area contributed by atoms with Crippen LogP contribution in [-0.4, -0.2) is 58.7 Å². The quantitative estimate of drug-likeness (QED) is 0.576. The minimum absolute atomic E-state index is 0.0364. The minimum atomic E-state index is -0.592. The average molecular weight is 384 g/mol. The maximum Gasteiger partial charge on any atom is 0.422 e. The first-order valence-electron chi connectivity index (χ1n) is 8.81. The van der Waals surface area contributed by atoms with Crippen LogP contribution in [0.1, 0.15) is 33.6 Å². The Kier molecular flexibility index (Phi) is 6.60. The molecule has 1 aliphatic rings. The number of hydrazine groups is 1. The first-order chi connectivity index (χ1) is 12.6. The van der Waals surface area contributed by atoms with Crippen LogP contribution in [0.3, 0.4) is 0 Å². The molecule has 2 unspecified atom stereocenters. The maximum absolute atomic E-state index is 11.9. The molecule has 11 nitrogen and oxygen atoms in total. The van der Waals surface area contributed by atoms with Gasteiger partial charge in [-0.05, 0) is 33.6 Å². The van der Waals surface area contributed by atoms with Gasteiger partial charge in [-0.3, -0.25) is 15.5 Å². The fraction of sp³-hybridized carbons (Fsp3) is 0.750. The van der Waals surface area contributed by atoms with E-state index in [0.717, 1.165) is 12.8 Å². The van der Waals surface area contributed by atoms with Crippen LogP contribution in [0.5, 0.6) is 0 Å². The van der Waals surface area contributed by atoms with Gasteiger partial charge >= 0.3 is 11.8 Å². The molecule has 2 atom stereocenters. The Hall–Kier alpha value is -2.40. The first kappa shape index (κ1) is 20.9. The van der Waals surface area contributed by atoms with Crippen LogP contribution in [0, 0.1) is 10.1 Å². The number of hydrogen-bond acceptors (Lipinski definition) is 8. The van der Waals surface area contributed by atoms with Crippen LogP contribution >= 0.6 is 0 Å². The van der Waals surface area contributed by atoms with E-state index in [-0.39, 0.29) is 17.8 Å². The molecule has 11 heteroatoms. The van der Waals surface area contributed by atoms with E-state index in [4.69, 9.17) is 9.47 Å². The molecule has 2 N–H and O–H groups in total. The summed E-state index contributed by atoms with van der Waals surface area (Å²) < 4.78 is 12.3. The Morgan fingerprint density at radius 3 is 2.74 bits per heavy atom. The molecule has 1 saturated heterocycles. The van der Waals surface area contributed by atoms with Gasteiger partial charge in [0, 0.05) is 27.2 Å². The lowest BCUT2D eigenvalue weighted by molar-refractivity contribution is -0.384. The molecule has 0 saturated carbocycles. The summed E-state index contributed by atoms with van der Waals surface area (Å²) in [6.07, 6.45) is 1.87. The molecule has 27 heavy (non-hydrogen) atoms. The van der Waals surface area contributed by atoms with Gasteiger partial charge in [-0.15, -0.1) is 0 Å². The highest BCUT2D eigenvalue weighted by Gasteiger charge is 2.32. The number of hydrogen-bond donors (Lipinski definition) is 2. The van der Waals surface area contributed by atoms with E-state index in [1.54, 1.807) is 34.9 Å². The lowest BCUT2D eigenvalue weighted by atomic mass is 10.1. The van der Waals surface area contributed by atoms with Crippen molar-refractivity contribution < 1.29 is 19.2 Å². The molecule has 0 aliphatic carbocycles. The van der Waals surface area contributed by atoms with Crippen molar-refractivity contribution in [3.63, 3.8) is 0 Å². The van der Waals surface area contributed by atoms with Gasteiger partial charge in [-0.25, -0.2) is 14.9 Å². The first-order valence-corrected chi connectivity index (χ1v) is 8.81. The molecule has 0 radical (unpaired) electrons. The summed E-state index contributed by atoms with van der Waals surface area (Å²) in [5.41, 5.74) is 4.90. The Morgan fingerprint density at radius 2 is 2.15 bits per heavy atom. The van der Waals surface area contributed by atoms with Gasteiger partial charge in [0.05, 0.1) is 17.1 Å². The van der Waals surface area contributed by atoms with Crippen molar-refractivity contribution in [3.05, 3.63) is 16.3 Å². The molecule has 1 amide bonds. The number of carbonyl (C=O) groups excluding carboxylic acids is 1. The van der Waals surface area contributed by atoms with Gasteiger partial charge in [0.2, 0.25) is 5.82 Å². The van der Waals surface area contributed by atoms with Crippen LogP contribution in [0.25, 0.3) is 0 Å². The molecule has 2 heterocycles. The van der Waals surface area contributed by atoms with E-state index in [9.17, 15) is 14.9 Å². The predicted octanol–water partition coefficient (Wildman–Crippen LogP) is 1.34. The largest absolute Gasteiger partial charge is 0.443 e. The zero-order chi connectivity index (χ0) is 20.2. The van der Waals surface area contributed by atoms with Gasteiger partial charge in [-0.2, -0.15) is 5.10 Å². The molecular weight excluding hydrogens is 356 g/mol. The molecule has 1 aliphatic heterocycles. The monoisotopic (exact) mass is 384 g/mol. The highest BCUT2D eigenvalue weighted by Crippen LogP contribution is 2.29. The van der Waals surface area contributed by atoms with Gasteiger partial charge in [-0.1, -0.05) is 0 Å². The topological polar surface area (TPSA) is 124 Å². The summed E-state index contributed by atoms with van der Waals surface area (Å²) in [5.74, 6) is 0.447. The van der Waals surface area contributed by atoms with Crippen molar-refractivity contribution in [2.75, 3.05) is 25.1 Å². The average Bonchev–Trinajstić information content (AvgIpc) is 2.83. The number of aromatic nitrogens is 2. The van der Waals surface area contributed by atoms with Gasteiger partial charge in [0.15, 0.2) is 0 Å². The Labute approximate surface area is 158 Å².